The highest BCUT2D eigenvalue weighted by atomic mass is 32.2. The maximum Gasteiger partial charge on any atom is 0.167 e. The van der Waals surface area contributed by atoms with Crippen molar-refractivity contribution in [3.63, 3.8) is 0 Å². The minimum Gasteiger partial charge on any atom is -0.322 e. The monoisotopic (exact) mass is 238 g/mol. The van der Waals surface area contributed by atoms with E-state index in [1.165, 1.54) is 36.9 Å². The van der Waals surface area contributed by atoms with Crippen LogP contribution in [0.4, 0.5) is 0 Å². The first-order valence-electron chi connectivity index (χ1n) is 6.04. The molecule has 1 saturated heterocycles. The highest BCUT2D eigenvalue weighted by Crippen LogP contribution is 2.30. The molecule has 0 aromatic carbocycles. The normalized spacial score (nSPS) is 25.6. The number of hydrogen-bond donors (Lipinski definition) is 1. The van der Waals surface area contributed by atoms with Crippen LogP contribution in [0.2, 0.25) is 0 Å². The van der Waals surface area contributed by atoms with E-state index in [1.54, 1.807) is 11.8 Å². The molecule has 16 heavy (non-hydrogen) atoms. The number of piperazine rings is 1. The summed E-state index contributed by atoms with van der Waals surface area (Å²) in [6.45, 7) is 7.94. The van der Waals surface area contributed by atoms with Gasteiger partial charge in [-0.3, -0.25) is 4.99 Å². The van der Waals surface area contributed by atoms with Gasteiger partial charge in [-0.05, 0) is 5.41 Å². The number of amidine groups is 1. The number of thioether (sulfide) groups is 1. The molecule has 3 rings (SSSR count). The number of hydrogen-bond acceptors (Lipinski definition) is 5. The molecule has 0 atom stereocenters. The zero-order valence-electron chi connectivity index (χ0n) is 9.48. The SMILES string of the molecule is C1=C(CCN2CCNCC2)N2CCN=C2S1. The lowest BCUT2D eigenvalue weighted by atomic mass is 10.2. The first kappa shape index (κ1) is 10.6. The van der Waals surface area contributed by atoms with Crippen LogP contribution in [0, 0.1) is 0 Å². The van der Waals surface area contributed by atoms with E-state index in [9.17, 15) is 0 Å². The largest absolute Gasteiger partial charge is 0.322 e. The van der Waals surface area contributed by atoms with Gasteiger partial charge in [0.25, 0.3) is 0 Å². The third kappa shape index (κ3) is 2.12. The Morgan fingerprint density at radius 2 is 2.19 bits per heavy atom. The van der Waals surface area contributed by atoms with Gasteiger partial charge < -0.3 is 15.1 Å². The van der Waals surface area contributed by atoms with Crippen molar-refractivity contribution in [1.82, 2.24) is 15.1 Å². The average Bonchev–Trinajstić information content (AvgIpc) is 2.90. The van der Waals surface area contributed by atoms with Crippen LogP contribution in [-0.2, 0) is 0 Å². The Morgan fingerprint density at radius 1 is 1.31 bits per heavy atom. The summed E-state index contributed by atoms with van der Waals surface area (Å²) in [6, 6.07) is 0. The van der Waals surface area contributed by atoms with Gasteiger partial charge in [0.2, 0.25) is 0 Å². The van der Waals surface area contributed by atoms with Gasteiger partial charge >= 0.3 is 0 Å². The van der Waals surface area contributed by atoms with E-state index >= 15 is 0 Å². The molecular formula is C11H18N4S. The standard InChI is InChI=1S/C11H18N4S/c1(5-14-6-2-12-3-7-14)10-9-16-11-13-4-8-15(10)11/h9,12H,1-8H2. The Bertz CT molecular complexity index is 320. The van der Waals surface area contributed by atoms with Crippen LogP contribution in [-0.4, -0.2) is 60.8 Å². The Balaban J connectivity index is 1.50. The first-order chi connectivity index (χ1) is 7.93. The quantitative estimate of drug-likeness (QED) is 0.777. The molecule has 0 unspecified atom stereocenters. The molecule has 1 N–H and O–H groups in total. The fraction of sp³-hybridized carbons (Fsp3) is 0.727. The summed E-state index contributed by atoms with van der Waals surface area (Å²) in [5.74, 6) is 0. The molecule has 0 saturated carbocycles. The van der Waals surface area contributed by atoms with E-state index in [0.29, 0.717) is 0 Å². The third-order valence-corrected chi connectivity index (χ3v) is 4.29. The van der Waals surface area contributed by atoms with Crippen molar-refractivity contribution in [1.29, 1.82) is 0 Å². The Labute approximate surface area is 101 Å². The zero-order valence-corrected chi connectivity index (χ0v) is 10.3. The summed E-state index contributed by atoms with van der Waals surface area (Å²) in [7, 11) is 0. The second-order valence-electron chi connectivity index (χ2n) is 4.38. The Hall–Kier alpha value is -0.520. The van der Waals surface area contributed by atoms with Crippen LogP contribution < -0.4 is 5.32 Å². The Kier molecular flexibility index (Phi) is 3.17. The van der Waals surface area contributed by atoms with Gasteiger partial charge in [-0.25, -0.2) is 0 Å². The van der Waals surface area contributed by atoms with Gasteiger partial charge in [0.05, 0.1) is 6.54 Å². The lowest BCUT2D eigenvalue weighted by molar-refractivity contribution is 0.240. The van der Waals surface area contributed by atoms with Gasteiger partial charge in [-0.1, -0.05) is 11.8 Å². The van der Waals surface area contributed by atoms with Crippen molar-refractivity contribution in [2.45, 2.75) is 6.42 Å². The molecule has 0 spiro atoms. The van der Waals surface area contributed by atoms with Gasteiger partial charge in [0.15, 0.2) is 5.17 Å². The number of aliphatic imine (C=N–C) groups is 1. The molecule has 0 aromatic heterocycles. The summed E-state index contributed by atoms with van der Waals surface area (Å²) in [5, 5.41) is 6.89. The minimum atomic E-state index is 0.979. The summed E-state index contributed by atoms with van der Waals surface area (Å²) < 4.78 is 0. The first-order valence-corrected chi connectivity index (χ1v) is 6.92. The van der Waals surface area contributed by atoms with Crippen molar-refractivity contribution in [2.75, 3.05) is 45.8 Å². The van der Waals surface area contributed by atoms with Crippen molar-refractivity contribution < 1.29 is 0 Å². The summed E-state index contributed by atoms with van der Waals surface area (Å²) in [4.78, 5) is 9.40. The van der Waals surface area contributed by atoms with Gasteiger partial charge in [0.1, 0.15) is 0 Å². The second-order valence-corrected chi connectivity index (χ2v) is 5.22. The summed E-state index contributed by atoms with van der Waals surface area (Å²) >= 11 is 1.79. The number of nitrogens with one attached hydrogen (secondary N) is 1. The van der Waals surface area contributed by atoms with Gasteiger partial charge in [0, 0.05) is 51.4 Å². The van der Waals surface area contributed by atoms with Gasteiger partial charge in [-0.2, -0.15) is 0 Å². The molecule has 1 fully saturated rings. The van der Waals surface area contributed by atoms with Crippen molar-refractivity contribution in [3.8, 4) is 0 Å². The zero-order chi connectivity index (χ0) is 10.8. The summed E-state index contributed by atoms with van der Waals surface area (Å²) in [5.41, 5.74) is 1.47. The topological polar surface area (TPSA) is 30.9 Å². The van der Waals surface area contributed by atoms with E-state index < -0.39 is 0 Å². The molecule has 0 aromatic rings. The maximum absolute atomic E-state index is 4.47. The Morgan fingerprint density at radius 3 is 3.06 bits per heavy atom. The molecular weight excluding hydrogens is 220 g/mol. The second kappa shape index (κ2) is 4.77. The number of nitrogens with zero attached hydrogens (tertiary/aromatic N) is 3. The van der Waals surface area contributed by atoms with Crippen molar-refractivity contribution in [2.24, 2.45) is 4.99 Å². The highest BCUT2D eigenvalue weighted by Gasteiger charge is 2.26. The fourth-order valence-electron chi connectivity index (χ4n) is 2.38. The van der Waals surface area contributed by atoms with Crippen molar-refractivity contribution >= 4 is 16.9 Å². The molecule has 0 radical (unpaired) electrons. The number of rotatable bonds is 3. The van der Waals surface area contributed by atoms with Gasteiger partial charge in [-0.15, -0.1) is 0 Å². The van der Waals surface area contributed by atoms with E-state index in [0.717, 1.165) is 26.2 Å². The molecule has 0 bridgehead atoms. The molecule has 5 heteroatoms. The summed E-state index contributed by atoms with van der Waals surface area (Å²) in [6.07, 6.45) is 1.17. The van der Waals surface area contributed by atoms with Crippen LogP contribution in [0.1, 0.15) is 6.42 Å². The fourth-order valence-corrected chi connectivity index (χ4v) is 3.37. The molecule has 3 aliphatic heterocycles. The highest BCUT2D eigenvalue weighted by molar-refractivity contribution is 8.16. The maximum atomic E-state index is 4.47. The molecule has 88 valence electrons. The van der Waals surface area contributed by atoms with E-state index in [-0.39, 0.29) is 0 Å². The van der Waals surface area contributed by atoms with Crippen molar-refractivity contribution in [3.05, 3.63) is 11.1 Å². The van der Waals surface area contributed by atoms with E-state index in [1.807, 2.05) is 0 Å². The van der Waals surface area contributed by atoms with Crippen LogP contribution >= 0.6 is 11.8 Å². The molecule has 0 amide bonds. The predicted molar refractivity (Wildman–Crippen MR) is 68.6 cm³/mol. The number of fused-ring (bicyclic) bond motifs is 1. The van der Waals surface area contributed by atoms with E-state index in [2.05, 4.69) is 25.5 Å². The molecule has 3 aliphatic rings. The van der Waals surface area contributed by atoms with Crippen LogP contribution in [0.15, 0.2) is 16.1 Å². The van der Waals surface area contributed by atoms with Crippen LogP contribution in [0.5, 0.6) is 0 Å². The lowest BCUT2D eigenvalue weighted by Crippen LogP contribution is -2.44. The smallest absolute Gasteiger partial charge is 0.167 e. The molecule has 0 aliphatic carbocycles. The average molecular weight is 238 g/mol. The lowest BCUT2D eigenvalue weighted by Gasteiger charge is -2.28. The predicted octanol–water partition coefficient (Wildman–Crippen LogP) is 0.542. The van der Waals surface area contributed by atoms with E-state index in [4.69, 9.17) is 0 Å². The molecule has 3 heterocycles. The van der Waals surface area contributed by atoms with Crippen LogP contribution in [0.25, 0.3) is 0 Å². The van der Waals surface area contributed by atoms with Crippen LogP contribution in [0.3, 0.4) is 0 Å². The molecule has 4 nitrogen and oxygen atoms in total. The third-order valence-electron chi connectivity index (χ3n) is 3.34. The minimum absolute atomic E-state index is 0.979.